The molecule has 4 nitrogen and oxygen atoms in total. The van der Waals surface area contributed by atoms with Gasteiger partial charge >= 0.3 is 0 Å². The number of aliphatic hydroxyl groups excluding tert-OH is 1. The minimum atomic E-state index is -0.0824. The summed E-state index contributed by atoms with van der Waals surface area (Å²) in [4.78, 5) is 2.31. The average Bonchev–Trinajstić information content (AvgIpc) is 2.37. The predicted octanol–water partition coefficient (Wildman–Crippen LogP) is 1.61. The fraction of sp³-hybridized carbons (Fsp3) is 0.538. The summed E-state index contributed by atoms with van der Waals surface area (Å²) in [5, 5.41) is 9.18. The summed E-state index contributed by atoms with van der Waals surface area (Å²) in [5.41, 5.74) is 7.81. The van der Waals surface area contributed by atoms with E-state index in [9.17, 15) is 5.11 Å². The Balaban J connectivity index is 2.09. The lowest BCUT2D eigenvalue weighted by molar-refractivity contribution is -0.0806. The molecule has 3 N–H and O–H groups in total. The highest BCUT2D eigenvalue weighted by atomic mass is 79.9. The summed E-state index contributed by atoms with van der Waals surface area (Å²) in [6.45, 7) is 4.42. The van der Waals surface area contributed by atoms with Crippen molar-refractivity contribution in [2.45, 2.75) is 25.6 Å². The predicted molar refractivity (Wildman–Crippen MR) is 75.3 cm³/mol. The molecule has 100 valence electrons. The van der Waals surface area contributed by atoms with Crippen LogP contribution in [0.4, 0.5) is 5.69 Å². The van der Waals surface area contributed by atoms with Crippen LogP contribution >= 0.6 is 15.9 Å². The van der Waals surface area contributed by atoms with Crippen molar-refractivity contribution in [2.75, 3.05) is 25.5 Å². The number of aliphatic hydroxyl groups is 1. The zero-order chi connectivity index (χ0) is 13.1. The van der Waals surface area contributed by atoms with E-state index in [4.69, 9.17) is 10.5 Å². The SMILES string of the molecule is CC1COC(CO)CN1Cc1cccc(N)c1Br. The molecule has 2 unspecified atom stereocenters. The van der Waals surface area contributed by atoms with Gasteiger partial charge in [-0.3, -0.25) is 4.90 Å². The van der Waals surface area contributed by atoms with Crippen molar-refractivity contribution in [3.63, 3.8) is 0 Å². The van der Waals surface area contributed by atoms with Crippen LogP contribution in [0.15, 0.2) is 22.7 Å². The third-order valence-electron chi connectivity index (χ3n) is 3.32. The first kappa shape index (κ1) is 13.8. The largest absolute Gasteiger partial charge is 0.398 e. The van der Waals surface area contributed by atoms with E-state index >= 15 is 0 Å². The number of anilines is 1. The number of nitrogens with zero attached hydrogens (tertiary/aromatic N) is 1. The van der Waals surface area contributed by atoms with Crippen LogP contribution in [0.5, 0.6) is 0 Å². The molecule has 0 spiro atoms. The summed E-state index contributed by atoms with van der Waals surface area (Å²) < 4.78 is 6.50. The maximum atomic E-state index is 9.18. The Bertz CT molecular complexity index is 414. The smallest absolute Gasteiger partial charge is 0.0933 e. The second kappa shape index (κ2) is 6.02. The minimum Gasteiger partial charge on any atom is -0.398 e. The van der Waals surface area contributed by atoms with Gasteiger partial charge in [0.1, 0.15) is 0 Å². The van der Waals surface area contributed by atoms with Crippen molar-refractivity contribution in [2.24, 2.45) is 0 Å². The molecule has 0 saturated carbocycles. The van der Waals surface area contributed by atoms with Crippen molar-refractivity contribution in [1.29, 1.82) is 0 Å². The van der Waals surface area contributed by atoms with Crippen LogP contribution in [0, 0.1) is 0 Å². The second-order valence-electron chi connectivity index (χ2n) is 4.74. The Morgan fingerprint density at radius 2 is 2.33 bits per heavy atom. The van der Waals surface area contributed by atoms with Crippen molar-refractivity contribution < 1.29 is 9.84 Å². The summed E-state index contributed by atoms with van der Waals surface area (Å²) in [6.07, 6.45) is -0.0824. The Hall–Kier alpha value is -0.620. The number of nitrogens with two attached hydrogens (primary N) is 1. The van der Waals surface area contributed by atoms with E-state index in [0.717, 1.165) is 23.2 Å². The Morgan fingerprint density at radius 3 is 3.06 bits per heavy atom. The van der Waals surface area contributed by atoms with Crippen molar-refractivity contribution >= 4 is 21.6 Å². The van der Waals surface area contributed by atoms with Gasteiger partial charge in [-0.25, -0.2) is 0 Å². The molecular formula is C13H19BrN2O2. The third kappa shape index (κ3) is 3.03. The Labute approximate surface area is 116 Å². The Kier molecular flexibility index (Phi) is 4.61. The van der Waals surface area contributed by atoms with Gasteiger partial charge in [-0.15, -0.1) is 0 Å². The first-order valence-corrected chi connectivity index (χ1v) is 6.90. The maximum Gasteiger partial charge on any atom is 0.0933 e. The summed E-state index contributed by atoms with van der Waals surface area (Å²) in [6, 6.07) is 6.26. The molecule has 1 heterocycles. The number of benzene rings is 1. The number of nitrogen functional groups attached to an aromatic ring is 1. The number of ether oxygens (including phenoxy) is 1. The number of hydrogen-bond donors (Lipinski definition) is 2. The van der Waals surface area contributed by atoms with Gasteiger partial charge in [0.25, 0.3) is 0 Å². The highest BCUT2D eigenvalue weighted by Gasteiger charge is 2.26. The Morgan fingerprint density at radius 1 is 1.56 bits per heavy atom. The quantitative estimate of drug-likeness (QED) is 0.832. The van der Waals surface area contributed by atoms with E-state index in [-0.39, 0.29) is 12.7 Å². The van der Waals surface area contributed by atoms with Crippen molar-refractivity contribution in [3.05, 3.63) is 28.2 Å². The van der Waals surface area contributed by atoms with Crippen LogP contribution in [0.1, 0.15) is 12.5 Å². The van der Waals surface area contributed by atoms with Gasteiger partial charge in [-0.2, -0.15) is 0 Å². The topological polar surface area (TPSA) is 58.7 Å². The lowest BCUT2D eigenvalue weighted by Gasteiger charge is -2.37. The lowest BCUT2D eigenvalue weighted by atomic mass is 10.1. The molecule has 0 aliphatic carbocycles. The fourth-order valence-corrected chi connectivity index (χ4v) is 2.54. The molecule has 1 aromatic rings. The molecule has 1 aromatic carbocycles. The highest BCUT2D eigenvalue weighted by Crippen LogP contribution is 2.26. The van der Waals surface area contributed by atoms with Gasteiger partial charge < -0.3 is 15.6 Å². The molecule has 1 aliphatic heterocycles. The van der Waals surface area contributed by atoms with E-state index in [1.165, 1.54) is 5.56 Å². The van der Waals surface area contributed by atoms with Gasteiger partial charge in [-0.05, 0) is 34.5 Å². The molecule has 0 aromatic heterocycles. The first-order chi connectivity index (χ1) is 8.61. The lowest BCUT2D eigenvalue weighted by Crippen LogP contribution is -2.48. The van der Waals surface area contributed by atoms with Gasteiger partial charge in [0, 0.05) is 29.3 Å². The van der Waals surface area contributed by atoms with Gasteiger partial charge in [0.2, 0.25) is 0 Å². The minimum absolute atomic E-state index is 0.0708. The molecule has 0 amide bonds. The number of halogens is 1. The van der Waals surface area contributed by atoms with Crippen LogP contribution in [-0.4, -0.2) is 41.9 Å². The van der Waals surface area contributed by atoms with Gasteiger partial charge in [0.05, 0.1) is 19.3 Å². The van der Waals surface area contributed by atoms with E-state index < -0.39 is 0 Å². The van der Waals surface area contributed by atoms with Gasteiger partial charge in [0.15, 0.2) is 0 Å². The monoisotopic (exact) mass is 314 g/mol. The van der Waals surface area contributed by atoms with Crippen LogP contribution in [0.3, 0.4) is 0 Å². The molecule has 1 aliphatic rings. The van der Waals surface area contributed by atoms with E-state index in [1.54, 1.807) is 0 Å². The zero-order valence-electron chi connectivity index (χ0n) is 10.5. The normalized spacial score (nSPS) is 25.3. The fourth-order valence-electron chi connectivity index (χ4n) is 2.15. The maximum absolute atomic E-state index is 9.18. The number of rotatable bonds is 3. The van der Waals surface area contributed by atoms with Gasteiger partial charge in [-0.1, -0.05) is 12.1 Å². The molecule has 18 heavy (non-hydrogen) atoms. The molecule has 1 fully saturated rings. The number of hydrogen-bond acceptors (Lipinski definition) is 4. The third-order valence-corrected chi connectivity index (χ3v) is 4.29. The molecule has 1 saturated heterocycles. The number of morpholine rings is 1. The molecule has 0 radical (unpaired) electrons. The standard InChI is InChI=1S/C13H19BrN2O2/c1-9-8-18-11(7-17)6-16(9)5-10-3-2-4-12(15)13(10)14/h2-4,9,11,17H,5-8,15H2,1H3. The van der Waals surface area contributed by atoms with Crippen LogP contribution in [0.2, 0.25) is 0 Å². The highest BCUT2D eigenvalue weighted by molar-refractivity contribution is 9.10. The van der Waals surface area contributed by atoms with E-state index in [1.807, 2.05) is 12.1 Å². The molecule has 2 rings (SSSR count). The average molecular weight is 315 g/mol. The van der Waals surface area contributed by atoms with Crippen molar-refractivity contribution in [3.8, 4) is 0 Å². The molecule has 2 atom stereocenters. The summed E-state index contributed by atoms with van der Waals surface area (Å²) >= 11 is 3.53. The van der Waals surface area contributed by atoms with Crippen LogP contribution in [0.25, 0.3) is 0 Å². The van der Waals surface area contributed by atoms with Crippen molar-refractivity contribution in [1.82, 2.24) is 4.90 Å². The second-order valence-corrected chi connectivity index (χ2v) is 5.53. The summed E-state index contributed by atoms with van der Waals surface area (Å²) in [7, 11) is 0. The van der Waals surface area contributed by atoms with E-state index in [2.05, 4.69) is 33.8 Å². The molecule has 0 bridgehead atoms. The van der Waals surface area contributed by atoms with Crippen LogP contribution in [-0.2, 0) is 11.3 Å². The zero-order valence-corrected chi connectivity index (χ0v) is 12.1. The summed E-state index contributed by atoms with van der Waals surface area (Å²) in [5.74, 6) is 0. The van der Waals surface area contributed by atoms with Crippen LogP contribution < -0.4 is 5.73 Å². The first-order valence-electron chi connectivity index (χ1n) is 6.11. The molecular weight excluding hydrogens is 296 g/mol. The van der Waals surface area contributed by atoms with E-state index in [0.29, 0.717) is 12.6 Å². The molecule has 5 heteroatoms.